The first-order chi connectivity index (χ1) is 10.2. The van der Waals surface area contributed by atoms with Crippen molar-refractivity contribution < 1.29 is 13.9 Å². The number of allylic oxidation sites excluding steroid dienone is 2. The highest BCUT2D eigenvalue weighted by Crippen LogP contribution is 2.35. The van der Waals surface area contributed by atoms with Gasteiger partial charge in [-0.15, -0.1) is 0 Å². The predicted molar refractivity (Wildman–Crippen MR) is 83.4 cm³/mol. The first-order valence-electron chi connectivity index (χ1n) is 7.34. The van der Waals surface area contributed by atoms with E-state index in [9.17, 15) is 13.9 Å². The van der Waals surface area contributed by atoms with Gasteiger partial charge in [0, 0.05) is 17.3 Å². The van der Waals surface area contributed by atoms with Crippen LogP contribution in [-0.2, 0) is 0 Å². The minimum absolute atomic E-state index is 0.00458. The molecule has 0 bridgehead atoms. The average molecular weight is 308 g/mol. The maximum Gasteiger partial charge on any atom is 0.135 e. The third-order valence-electron chi connectivity index (χ3n) is 4.12. The van der Waals surface area contributed by atoms with Gasteiger partial charge in [0.05, 0.1) is 11.2 Å². The second kappa shape index (κ2) is 6.08. The Hall–Kier alpha value is -1.88. The Bertz CT molecular complexity index is 610. The monoisotopic (exact) mass is 308 g/mol. The van der Waals surface area contributed by atoms with Gasteiger partial charge in [0.1, 0.15) is 11.6 Å². The zero-order valence-electron chi connectivity index (χ0n) is 12.9. The highest BCUT2D eigenvalue weighted by atomic mass is 19.1. The van der Waals surface area contributed by atoms with Crippen molar-refractivity contribution in [2.75, 3.05) is 0 Å². The summed E-state index contributed by atoms with van der Waals surface area (Å²) < 4.78 is 27.5. The van der Waals surface area contributed by atoms with Crippen molar-refractivity contribution in [3.8, 4) is 0 Å². The molecule has 0 amide bonds. The highest BCUT2D eigenvalue weighted by Gasteiger charge is 2.32. The topological polar surface area (TPSA) is 72.3 Å². The SMILES string of the molecule is CC(C)(O)C1CCCC(/C=C(\N)c2c(F)cccc2F)=C1N. The van der Waals surface area contributed by atoms with E-state index < -0.39 is 17.2 Å². The van der Waals surface area contributed by atoms with Gasteiger partial charge in [-0.05, 0) is 56.9 Å². The lowest BCUT2D eigenvalue weighted by atomic mass is 9.78. The zero-order chi connectivity index (χ0) is 16.5. The number of benzene rings is 1. The van der Waals surface area contributed by atoms with Gasteiger partial charge in [-0.1, -0.05) is 6.07 Å². The fraction of sp³-hybridized carbons (Fsp3) is 0.412. The molecule has 1 aromatic carbocycles. The van der Waals surface area contributed by atoms with Crippen molar-refractivity contribution in [1.29, 1.82) is 0 Å². The summed E-state index contributed by atoms with van der Waals surface area (Å²) in [5, 5.41) is 10.2. The second-order valence-electron chi connectivity index (χ2n) is 6.28. The summed E-state index contributed by atoms with van der Waals surface area (Å²) in [6.07, 6.45) is 3.82. The molecule has 0 aromatic heterocycles. The molecule has 3 nitrogen and oxygen atoms in total. The van der Waals surface area contributed by atoms with E-state index in [1.54, 1.807) is 13.8 Å². The van der Waals surface area contributed by atoms with Crippen molar-refractivity contribution in [3.05, 3.63) is 52.7 Å². The van der Waals surface area contributed by atoms with Crippen molar-refractivity contribution in [2.45, 2.75) is 38.7 Å². The van der Waals surface area contributed by atoms with Crippen LogP contribution in [0.2, 0.25) is 0 Å². The molecule has 1 aliphatic rings. The Balaban J connectivity index is 2.43. The molecule has 0 heterocycles. The molecule has 5 heteroatoms. The van der Waals surface area contributed by atoms with Gasteiger partial charge in [-0.2, -0.15) is 0 Å². The minimum Gasteiger partial charge on any atom is -0.401 e. The zero-order valence-corrected chi connectivity index (χ0v) is 12.9. The van der Waals surface area contributed by atoms with Crippen molar-refractivity contribution in [2.24, 2.45) is 17.4 Å². The number of hydrogen-bond acceptors (Lipinski definition) is 3. The predicted octanol–water partition coefficient (Wildman–Crippen LogP) is 3.05. The normalized spacial score (nSPS) is 20.4. The number of hydrogen-bond donors (Lipinski definition) is 3. The van der Waals surface area contributed by atoms with Gasteiger partial charge < -0.3 is 16.6 Å². The molecule has 1 aliphatic carbocycles. The minimum atomic E-state index is -0.943. The van der Waals surface area contributed by atoms with Gasteiger partial charge >= 0.3 is 0 Å². The van der Waals surface area contributed by atoms with Gasteiger partial charge in [0.2, 0.25) is 0 Å². The lowest BCUT2D eigenvalue weighted by Crippen LogP contribution is -2.37. The third kappa shape index (κ3) is 3.30. The van der Waals surface area contributed by atoms with Gasteiger partial charge in [0.25, 0.3) is 0 Å². The Morgan fingerprint density at radius 3 is 2.45 bits per heavy atom. The summed E-state index contributed by atoms with van der Waals surface area (Å²) in [6, 6.07) is 3.62. The van der Waals surface area contributed by atoms with E-state index >= 15 is 0 Å². The van der Waals surface area contributed by atoms with Crippen LogP contribution in [0.5, 0.6) is 0 Å². The summed E-state index contributed by atoms with van der Waals surface area (Å²) in [5.41, 5.74) is 12.1. The van der Waals surface area contributed by atoms with E-state index in [4.69, 9.17) is 11.5 Å². The Morgan fingerprint density at radius 1 is 1.32 bits per heavy atom. The van der Waals surface area contributed by atoms with Crippen molar-refractivity contribution in [3.63, 3.8) is 0 Å². The molecular formula is C17H22F2N2O. The standard InChI is InChI=1S/C17H22F2N2O/c1-17(2,22)11-6-3-5-10(16(11)21)9-14(20)15-12(18)7-4-8-13(15)19/h4,7-9,11,22H,3,5-6,20-21H2,1-2H3/b14-9-. The first-order valence-corrected chi connectivity index (χ1v) is 7.34. The second-order valence-corrected chi connectivity index (χ2v) is 6.28. The molecule has 0 fully saturated rings. The molecule has 120 valence electrons. The molecule has 5 N–H and O–H groups in total. The lowest BCUT2D eigenvalue weighted by Gasteiger charge is -2.34. The Morgan fingerprint density at radius 2 is 1.91 bits per heavy atom. The maximum absolute atomic E-state index is 13.8. The van der Waals surface area contributed by atoms with Crippen LogP contribution in [0.4, 0.5) is 8.78 Å². The number of rotatable bonds is 3. The average Bonchev–Trinajstić information content (AvgIpc) is 2.39. The highest BCUT2D eigenvalue weighted by molar-refractivity contribution is 5.66. The fourth-order valence-electron chi connectivity index (χ4n) is 2.94. The molecule has 2 rings (SSSR count). The molecule has 1 atom stereocenters. The van der Waals surface area contributed by atoms with Crippen LogP contribution in [0.1, 0.15) is 38.7 Å². The number of halogens is 2. The first kappa shape index (κ1) is 16.5. The van der Waals surface area contributed by atoms with Gasteiger partial charge in [-0.25, -0.2) is 8.78 Å². The van der Waals surface area contributed by atoms with Crippen molar-refractivity contribution in [1.82, 2.24) is 0 Å². The van der Waals surface area contributed by atoms with E-state index in [0.717, 1.165) is 30.5 Å². The molecule has 1 aromatic rings. The maximum atomic E-state index is 13.8. The van der Waals surface area contributed by atoms with Crippen LogP contribution in [-0.4, -0.2) is 10.7 Å². The summed E-state index contributed by atoms with van der Waals surface area (Å²) in [6.45, 7) is 3.41. The summed E-state index contributed by atoms with van der Waals surface area (Å²) in [7, 11) is 0. The quantitative estimate of drug-likeness (QED) is 0.803. The largest absolute Gasteiger partial charge is 0.401 e. The summed E-state index contributed by atoms with van der Waals surface area (Å²) in [5.74, 6) is -1.60. The van der Waals surface area contributed by atoms with Gasteiger partial charge in [0.15, 0.2) is 0 Å². The smallest absolute Gasteiger partial charge is 0.135 e. The lowest BCUT2D eigenvalue weighted by molar-refractivity contribution is 0.0251. The van der Waals surface area contributed by atoms with Crippen LogP contribution in [0, 0.1) is 17.6 Å². The Kier molecular flexibility index (Phi) is 4.56. The fourth-order valence-corrected chi connectivity index (χ4v) is 2.94. The van der Waals surface area contributed by atoms with Gasteiger partial charge in [-0.3, -0.25) is 0 Å². The van der Waals surface area contributed by atoms with E-state index in [0.29, 0.717) is 12.1 Å². The Labute approximate surface area is 129 Å². The van der Waals surface area contributed by atoms with Crippen molar-refractivity contribution >= 4 is 5.70 Å². The molecule has 0 aliphatic heterocycles. The van der Waals surface area contributed by atoms with E-state index in [1.165, 1.54) is 12.1 Å². The molecule has 22 heavy (non-hydrogen) atoms. The molecular weight excluding hydrogens is 286 g/mol. The third-order valence-corrected chi connectivity index (χ3v) is 4.12. The molecule has 0 saturated carbocycles. The van der Waals surface area contributed by atoms with Crippen LogP contribution < -0.4 is 11.5 Å². The van der Waals surface area contributed by atoms with Crippen LogP contribution >= 0.6 is 0 Å². The number of nitrogens with two attached hydrogens (primary N) is 2. The molecule has 0 spiro atoms. The van der Waals surface area contributed by atoms with Crippen LogP contribution in [0.15, 0.2) is 35.5 Å². The van der Waals surface area contributed by atoms with E-state index in [-0.39, 0.29) is 17.2 Å². The van der Waals surface area contributed by atoms with E-state index in [1.807, 2.05) is 0 Å². The van der Waals surface area contributed by atoms with Crippen LogP contribution in [0.25, 0.3) is 5.70 Å². The molecule has 0 saturated heterocycles. The van der Waals surface area contributed by atoms with E-state index in [2.05, 4.69) is 0 Å². The summed E-state index contributed by atoms with van der Waals surface area (Å²) >= 11 is 0. The molecule has 1 unspecified atom stereocenters. The summed E-state index contributed by atoms with van der Waals surface area (Å²) in [4.78, 5) is 0. The number of aliphatic hydroxyl groups is 1. The van der Waals surface area contributed by atoms with Crippen LogP contribution in [0.3, 0.4) is 0 Å². The molecule has 0 radical (unpaired) electrons.